The second kappa shape index (κ2) is 5.82. The third-order valence-corrected chi connectivity index (χ3v) is 3.26. The summed E-state index contributed by atoms with van der Waals surface area (Å²) >= 11 is 0. The van der Waals surface area contributed by atoms with Gasteiger partial charge in [-0.15, -0.1) is 0 Å². The van der Waals surface area contributed by atoms with Crippen molar-refractivity contribution in [1.82, 2.24) is 10.2 Å². The highest BCUT2D eigenvalue weighted by Crippen LogP contribution is 2.06. The molecule has 0 saturated carbocycles. The van der Waals surface area contributed by atoms with Crippen LogP contribution in [0, 0.1) is 0 Å². The van der Waals surface area contributed by atoms with E-state index in [0.717, 1.165) is 31.6 Å². The molecule has 1 amide bonds. The number of carbonyl (C=O) groups excluding carboxylic acids is 1. The number of nitrogens with zero attached hydrogens (tertiary/aromatic N) is 1. The fourth-order valence-corrected chi connectivity index (χ4v) is 2.14. The summed E-state index contributed by atoms with van der Waals surface area (Å²) < 4.78 is 0. The summed E-state index contributed by atoms with van der Waals surface area (Å²) in [5.41, 5.74) is 1.10. The molecule has 0 aliphatic carbocycles. The van der Waals surface area contributed by atoms with Crippen LogP contribution in [0.2, 0.25) is 0 Å². The summed E-state index contributed by atoms with van der Waals surface area (Å²) in [6.07, 6.45) is 1.57. The Morgan fingerprint density at radius 3 is 2.88 bits per heavy atom. The number of hydrogen-bond acceptors (Lipinski definition) is 2. The van der Waals surface area contributed by atoms with Gasteiger partial charge in [0, 0.05) is 25.7 Å². The maximum Gasteiger partial charge on any atom is 0.227 e. The van der Waals surface area contributed by atoms with Crippen molar-refractivity contribution < 1.29 is 4.79 Å². The number of rotatable bonds is 2. The average molecular weight is 232 g/mol. The minimum atomic E-state index is 0.243. The van der Waals surface area contributed by atoms with Gasteiger partial charge < -0.3 is 10.2 Å². The van der Waals surface area contributed by atoms with Crippen molar-refractivity contribution >= 4 is 5.91 Å². The van der Waals surface area contributed by atoms with Crippen LogP contribution in [0.5, 0.6) is 0 Å². The molecule has 1 fully saturated rings. The highest BCUT2D eigenvalue weighted by molar-refractivity contribution is 5.78. The number of amides is 1. The summed E-state index contributed by atoms with van der Waals surface area (Å²) in [4.78, 5) is 14.1. The van der Waals surface area contributed by atoms with Crippen molar-refractivity contribution in [2.45, 2.75) is 25.8 Å². The molecule has 2 rings (SSSR count). The molecule has 1 aromatic carbocycles. The Balaban J connectivity index is 1.91. The van der Waals surface area contributed by atoms with E-state index in [1.165, 1.54) is 0 Å². The normalized spacial score (nSPS) is 21.0. The van der Waals surface area contributed by atoms with Crippen LogP contribution < -0.4 is 5.32 Å². The Morgan fingerprint density at radius 2 is 2.12 bits per heavy atom. The lowest BCUT2D eigenvalue weighted by Gasteiger charge is -2.20. The minimum absolute atomic E-state index is 0.243. The third kappa shape index (κ3) is 3.56. The van der Waals surface area contributed by atoms with Crippen molar-refractivity contribution in [2.24, 2.45) is 0 Å². The first-order valence-corrected chi connectivity index (χ1v) is 6.31. The van der Waals surface area contributed by atoms with Crippen LogP contribution in [0.15, 0.2) is 30.3 Å². The number of hydrogen-bond donors (Lipinski definition) is 1. The summed E-state index contributed by atoms with van der Waals surface area (Å²) in [5.74, 6) is 0.243. The Kier molecular flexibility index (Phi) is 4.15. The monoisotopic (exact) mass is 232 g/mol. The summed E-state index contributed by atoms with van der Waals surface area (Å²) in [7, 11) is 0. The Bertz CT molecular complexity index is 364. The average Bonchev–Trinajstić information content (AvgIpc) is 2.55. The molecule has 1 atom stereocenters. The van der Waals surface area contributed by atoms with E-state index in [9.17, 15) is 4.79 Å². The van der Waals surface area contributed by atoms with Gasteiger partial charge in [-0.25, -0.2) is 0 Å². The van der Waals surface area contributed by atoms with Gasteiger partial charge >= 0.3 is 0 Å². The molecule has 0 spiro atoms. The van der Waals surface area contributed by atoms with Gasteiger partial charge in [0.15, 0.2) is 0 Å². The van der Waals surface area contributed by atoms with Gasteiger partial charge in [-0.3, -0.25) is 4.79 Å². The molecule has 17 heavy (non-hydrogen) atoms. The highest BCUT2D eigenvalue weighted by Gasteiger charge is 2.17. The maximum absolute atomic E-state index is 12.1. The van der Waals surface area contributed by atoms with Crippen molar-refractivity contribution in [1.29, 1.82) is 0 Å². The van der Waals surface area contributed by atoms with E-state index in [1.54, 1.807) is 0 Å². The van der Waals surface area contributed by atoms with Crippen LogP contribution in [0.1, 0.15) is 18.9 Å². The van der Waals surface area contributed by atoms with E-state index >= 15 is 0 Å². The first-order valence-electron chi connectivity index (χ1n) is 6.31. The summed E-state index contributed by atoms with van der Waals surface area (Å²) in [6, 6.07) is 10.5. The van der Waals surface area contributed by atoms with Gasteiger partial charge in [0.05, 0.1) is 6.42 Å². The zero-order chi connectivity index (χ0) is 12.1. The van der Waals surface area contributed by atoms with E-state index in [4.69, 9.17) is 0 Å². The van der Waals surface area contributed by atoms with E-state index < -0.39 is 0 Å². The maximum atomic E-state index is 12.1. The second-order valence-electron chi connectivity index (χ2n) is 4.69. The number of nitrogens with one attached hydrogen (secondary N) is 1. The van der Waals surface area contributed by atoms with Crippen molar-refractivity contribution in [3.63, 3.8) is 0 Å². The molecule has 3 heteroatoms. The van der Waals surface area contributed by atoms with Crippen LogP contribution >= 0.6 is 0 Å². The molecule has 0 radical (unpaired) electrons. The Hall–Kier alpha value is -1.35. The van der Waals surface area contributed by atoms with E-state index in [-0.39, 0.29) is 5.91 Å². The summed E-state index contributed by atoms with van der Waals surface area (Å²) in [5, 5.41) is 3.40. The van der Waals surface area contributed by atoms with Crippen LogP contribution in [-0.2, 0) is 11.2 Å². The molecular formula is C14H20N2O. The lowest BCUT2D eigenvalue weighted by molar-refractivity contribution is -0.130. The molecule has 1 heterocycles. The van der Waals surface area contributed by atoms with Gasteiger partial charge in [-0.05, 0) is 18.9 Å². The summed E-state index contributed by atoms with van der Waals surface area (Å²) in [6.45, 7) is 4.78. The second-order valence-corrected chi connectivity index (χ2v) is 4.69. The lowest BCUT2D eigenvalue weighted by Crippen LogP contribution is -2.35. The first kappa shape index (κ1) is 12.1. The smallest absolute Gasteiger partial charge is 0.227 e. The molecule has 92 valence electrons. The van der Waals surface area contributed by atoms with Gasteiger partial charge in [0.25, 0.3) is 0 Å². The molecule has 0 bridgehead atoms. The zero-order valence-corrected chi connectivity index (χ0v) is 10.4. The Labute approximate surface area is 103 Å². The Morgan fingerprint density at radius 1 is 1.35 bits per heavy atom. The van der Waals surface area contributed by atoms with Crippen molar-refractivity contribution in [3.8, 4) is 0 Å². The van der Waals surface area contributed by atoms with Crippen LogP contribution in [0.4, 0.5) is 0 Å². The fraction of sp³-hybridized carbons (Fsp3) is 0.500. The quantitative estimate of drug-likeness (QED) is 0.837. The number of carbonyl (C=O) groups is 1. The predicted octanol–water partition coefficient (Wildman–Crippen LogP) is 1.44. The molecule has 3 nitrogen and oxygen atoms in total. The molecule has 1 N–H and O–H groups in total. The largest absolute Gasteiger partial charge is 0.341 e. The number of benzene rings is 1. The van der Waals surface area contributed by atoms with Gasteiger partial charge in [0.1, 0.15) is 0 Å². The first-order chi connectivity index (χ1) is 8.25. The zero-order valence-electron chi connectivity index (χ0n) is 10.4. The van der Waals surface area contributed by atoms with Crippen LogP contribution in [0.3, 0.4) is 0 Å². The standard InChI is InChI=1S/C14H20N2O/c1-12-7-9-16(10-8-15-12)14(17)11-13-5-3-2-4-6-13/h2-6,12,15H,7-11H2,1H3. The molecule has 1 aliphatic heterocycles. The molecule has 0 aromatic heterocycles. The van der Waals surface area contributed by atoms with Gasteiger partial charge in [-0.2, -0.15) is 0 Å². The van der Waals surface area contributed by atoms with Crippen molar-refractivity contribution in [2.75, 3.05) is 19.6 Å². The SMILES string of the molecule is CC1CCN(C(=O)Cc2ccccc2)CCN1. The van der Waals surface area contributed by atoms with Crippen LogP contribution in [-0.4, -0.2) is 36.5 Å². The molecule has 1 aromatic rings. The van der Waals surface area contributed by atoms with Crippen LogP contribution in [0.25, 0.3) is 0 Å². The topological polar surface area (TPSA) is 32.3 Å². The predicted molar refractivity (Wildman–Crippen MR) is 68.8 cm³/mol. The van der Waals surface area contributed by atoms with E-state index in [2.05, 4.69) is 12.2 Å². The third-order valence-electron chi connectivity index (χ3n) is 3.26. The minimum Gasteiger partial charge on any atom is -0.341 e. The highest BCUT2D eigenvalue weighted by atomic mass is 16.2. The van der Waals surface area contributed by atoms with Crippen molar-refractivity contribution in [3.05, 3.63) is 35.9 Å². The molecule has 1 unspecified atom stereocenters. The molecule has 1 saturated heterocycles. The fourth-order valence-electron chi connectivity index (χ4n) is 2.14. The van der Waals surface area contributed by atoms with E-state index in [0.29, 0.717) is 12.5 Å². The van der Waals surface area contributed by atoms with Gasteiger partial charge in [0.2, 0.25) is 5.91 Å². The van der Waals surface area contributed by atoms with E-state index in [1.807, 2.05) is 35.2 Å². The van der Waals surface area contributed by atoms with Gasteiger partial charge in [-0.1, -0.05) is 30.3 Å². The molecule has 1 aliphatic rings. The lowest BCUT2D eigenvalue weighted by atomic mass is 10.1. The molecular weight excluding hydrogens is 212 g/mol.